The normalized spacial score (nSPS) is 15.3. The molecule has 0 rings (SSSR count). The van der Waals surface area contributed by atoms with Gasteiger partial charge in [-0.25, -0.2) is 0 Å². The van der Waals surface area contributed by atoms with Crippen molar-refractivity contribution in [3.05, 3.63) is 0 Å². The third-order valence-corrected chi connectivity index (χ3v) is 7.24. The Morgan fingerprint density at radius 3 is 0.892 bits per heavy atom. The van der Waals surface area contributed by atoms with Gasteiger partial charge in [0.15, 0.2) is 0 Å². The fourth-order valence-electron chi connectivity index (χ4n) is 4.73. The Morgan fingerprint density at radius 2 is 0.649 bits per heavy atom. The molecule has 0 fully saturated rings. The van der Waals surface area contributed by atoms with Crippen molar-refractivity contribution in [2.24, 2.45) is 29.6 Å². The lowest BCUT2D eigenvalue weighted by atomic mass is 9.84. The average Bonchev–Trinajstić information content (AvgIpc) is 2.81. The van der Waals surface area contributed by atoms with Crippen molar-refractivity contribution in [1.29, 1.82) is 0 Å². The molecule has 10 heteroatoms. The monoisotopic (exact) mass is 530 g/mol. The van der Waals surface area contributed by atoms with Crippen molar-refractivity contribution in [1.82, 2.24) is 0 Å². The number of aliphatic carboxylic acids is 5. The van der Waals surface area contributed by atoms with Gasteiger partial charge in [0, 0.05) is 0 Å². The third-order valence-electron chi connectivity index (χ3n) is 7.24. The maximum atomic E-state index is 11.8. The van der Waals surface area contributed by atoms with Crippen molar-refractivity contribution in [3.8, 4) is 0 Å². The second-order valence-electron chi connectivity index (χ2n) is 10.1. The van der Waals surface area contributed by atoms with Crippen LogP contribution in [0.15, 0.2) is 0 Å². The lowest BCUT2D eigenvalue weighted by Crippen LogP contribution is -2.23. The molecule has 0 bridgehead atoms. The van der Waals surface area contributed by atoms with Crippen molar-refractivity contribution < 1.29 is 49.5 Å². The lowest BCUT2D eigenvalue weighted by Gasteiger charge is -2.20. The van der Waals surface area contributed by atoms with E-state index in [9.17, 15) is 49.5 Å². The van der Waals surface area contributed by atoms with Crippen LogP contribution in [-0.2, 0) is 24.0 Å². The van der Waals surface area contributed by atoms with Crippen molar-refractivity contribution >= 4 is 29.8 Å². The van der Waals surface area contributed by atoms with Crippen LogP contribution in [0.2, 0.25) is 0 Å². The first kappa shape index (κ1) is 34.4. The molecule has 0 aliphatic carbocycles. The van der Waals surface area contributed by atoms with Crippen LogP contribution < -0.4 is 0 Å². The molecule has 0 aromatic heterocycles. The molecule has 0 saturated carbocycles. The Morgan fingerprint density at radius 1 is 0.378 bits per heavy atom. The highest BCUT2D eigenvalue weighted by atomic mass is 16.4. The quantitative estimate of drug-likeness (QED) is 0.101. The molecule has 37 heavy (non-hydrogen) atoms. The van der Waals surface area contributed by atoms with E-state index < -0.39 is 59.4 Å². The number of carboxylic acid groups (broad SMARTS) is 5. The number of hydrogen-bond donors (Lipinski definition) is 5. The van der Waals surface area contributed by atoms with E-state index in [-0.39, 0.29) is 51.4 Å². The van der Waals surface area contributed by atoms with Crippen LogP contribution >= 0.6 is 0 Å². The number of carbonyl (C=O) groups is 5. The van der Waals surface area contributed by atoms with Crippen molar-refractivity contribution in [2.45, 2.75) is 110 Å². The maximum absolute atomic E-state index is 11.8. The van der Waals surface area contributed by atoms with Gasteiger partial charge >= 0.3 is 29.8 Å². The molecular formula is C27H46O10. The van der Waals surface area contributed by atoms with E-state index >= 15 is 0 Å². The Labute approximate surface area is 219 Å². The van der Waals surface area contributed by atoms with E-state index in [1.165, 1.54) is 0 Å². The van der Waals surface area contributed by atoms with E-state index in [0.29, 0.717) is 19.3 Å². The minimum atomic E-state index is -1.14. The summed E-state index contributed by atoms with van der Waals surface area (Å²) in [5.41, 5.74) is 0. The van der Waals surface area contributed by atoms with E-state index in [1.54, 1.807) is 0 Å². The molecule has 0 spiro atoms. The Bertz CT molecular complexity index is 720. The highest BCUT2D eigenvalue weighted by molar-refractivity contribution is 5.73. The van der Waals surface area contributed by atoms with E-state index in [1.807, 2.05) is 6.92 Å². The molecule has 0 amide bonds. The molecule has 0 radical (unpaired) electrons. The Hall–Kier alpha value is -2.65. The van der Waals surface area contributed by atoms with Gasteiger partial charge in [-0.15, -0.1) is 0 Å². The zero-order valence-corrected chi connectivity index (χ0v) is 22.3. The summed E-state index contributed by atoms with van der Waals surface area (Å²) in [4.78, 5) is 58.1. The first-order valence-electron chi connectivity index (χ1n) is 13.6. The predicted molar refractivity (Wildman–Crippen MR) is 136 cm³/mol. The van der Waals surface area contributed by atoms with E-state index in [2.05, 4.69) is 6.92 Å². The molecule has 0 aromatic rings. The SMILES string of the molecule is CCCCCCC(CCC(CCC(CCC(CCC(CCC)C(=O)O)C(=O)O)C(=O)O)C(=O)O)C(=O)O. The maximum Gasteiger partial charge on any atom is 0.306 e. The van der Waals surface area contributed by atoms with Gasteiger partial charge in [0.25, 0.3) is 0 Å². The molecule has 0 aliphatic rings. The van der Waals surface area contributed by atoms with Gasteiger partial charge < -0.3 is 25.5 Å². The van der Waals surface area contributed by atoms with Crippen LogP contribution in [0.3, 0.4) is 0 Å². The second-order valence-corrected chi connectivity index (χ2v) is 10.1. The van der Waals surface area contributed by atoms with Gasteiger partial charge in [-0.05, 0) is 64.2 Å². The van der Waals surface area contributed by atoms with Crippen molar-refractivity contribution in [2.75, 3.05) is 0 Å². The molecule has 0 saturated heterocycles. The van der Waals surface area contributed by atoms with Gasteiger partial charge in [0.2, 0.25) is 0 Å². The van der Waals surface area contributed by atoms with Crippen LogP contribution in [0.4, 0.5) is 0 Å². The molecule has 214 valence electrons. The Kier molecular flexibility index (Phi) is 18.1. The summed E-state index contributed by atoms with van der Waals surface area (Å²) < 4.78 is 0. The van der Waals surface area contributed by atoms with Crippen LogP contribution in [0.1, 0.15) is 110 Å². The zero-order valence-electron chi connectivity index (χ0n) is 22.3. The van der Waals surface area contributed by atoms with E-state index in [0.717, 1.165) is 25.7 Å². The fourth-order valence-corrected chi connectivity index (χ4v) is 4.73. The zero-order chi connectivity index (χ0) is 28.4. The number of hydrogen-bond acceptors (Lipinski definition) is 5. The lowest BCUT2D eigenvalue weighted by molar-refractivity contribution is -0.147. The van der Waals surface area contributed by atoms with E-state index in [4.69, 9.17) is 0 Å². The van der Waals surface area contributed by atoms with Gasteiger partial charge in [0.1, 0.15) is 0 Å². The largest absolute Gasteiger partial charge is 0.481 e. The third kappa shape index (κ3) is 15.3. The molecule has 0 aromatic carbocycles. The average molecular weight is 531 g/mol. The van der Waals surface area contributed by atoms with Crippen LogP contribution in [-0.4, -0.2) is 55.4 Å². The fraction of sp³-hybridized carbons (Fsp3) is 0.815. The summed E-state index contributed by atoms with van der Waals surface area (Å²) >= 11 is 0. The smallest absolute Gasteiger partial charge is 0.306 e. The minimum Gasteiger partial charge on any atom is -0.481 e. The van der Waals surface area contributed by atoms with Gasteiger partial charge in [-0.1, -0.05) is 46.0 Å². The molecular weight excluding hydrogens is 484 g/mol. The van der Waals surface area contributed by atoms with Gasteiger partial charge in [-0.3, -0.25) is 24.0 Å². The summed E-state index contributed by atoms with van der Waals surface area (Å²) in [7, 11) is 0. The topological polar surface area (TPSA) is 186 Å². The molecule has 5 atom stereocenters. The summed E-state index contributed by atoms with van der Waals surface area (Å²) in [6, 6.07) is 0. The van der Waals surface area contributed by atoms with Crippen LogP contribution in [0, 0.1) is 29.6 Å². The molecule has 0 aliphatic heterocycles. The molecule has 5 unspecified atom stereocenters. The van der Waals surface area contributed by atoms with Gasteiger partial charge in [-0.2, -0.15) is 0 Å². The summed E-state index contributed by atoms with van der Waals surface area (Å²) in [6.07, 6.45) is 6.19. The van der Waals surface area contributed by atoms with Crippen LogP contribution in [0.5, 0.6) is 0 Å². The number of carboxylic acids is 5. The molecule has 5 N–H and O–H groups in total. The highest BCUT2D eigenvalue weighted by Crippen LogP contribution is 2.28. The van der Waals surface area contributed by atoms with Crippen LogP contribution in [0.25, 0.3) is 0 Å². The predicted octanol–water partition coefficient (Wildman–Crippen LogP) is 5.38. The number of unbranched alkanes of at least 4 members (excludes halogenated alkanes) is 3. The first-order chi connectivity index (χ1) is 17.4. The molecule has 0 heterocycles. The summed E-state index contributed by atoms with van der Waals surface area (Å²) in [6.45, 7) is 3.91. The van der Waals surface area contributed by atoms with Gasteiger partial charge in [0.05, 0.1) is 29.6 Å². The Balaban J connectivity index is 4.95. The molecule has 10 nitrogen and oxygen atoms in total. The first-order valence-corrected chi connectivity index (χ1v) is 13.6. The summed E-state index contributed by atoms with van der Waals surface area (Å²) in [5.74, 6) is -9.22. The minimum absolute atomic E-state index is 0.0410. The standard InChI is InChI=1S/C27H46O10/c1-3-5-6-7-9-19(24(30)31)11-13-21(26(34)35)15-17-22(27(36)37)16-14-20(25(32)33)12-10-18(8-4-2)23(28)29/h18-22H,3-17H2,1-2H3,(H,28,29)(H,30,31)(H,32,33)(H,34,35)(H,36,37). The second kappa shape index (κ2) is 19.5. The highest BCUT2D eigenvalue weighted by Gasteiger charge is 2.28. The number of rotatable bonds is 24. The summed E-state index contributed by atoms with van der Waals surface area (Å²) in [5, 5.41) is 47.5. The van der Waals surface area contributed by atoms with Crippen molar-refractivity contribution in [3.63, 3.8) is 0 Å².